The molecule has 6 heteroatoms. The van der Waals surface area contributed by atoms with Crippen LogP contribution in [0.3, 0.4) is 0 Å². The molecular weight excluding hydrogens is 277 g/mol. The summed E-state index contributed by atoms with van der Waals surface area (Å²) in [5.74, 6) is -0.850. The second-order valence-corrected chi connectivity index (χ2v) is 4.50. The molecule has 0 spiro atoms. The lowest BCUT2D eigenvalue weighted by atomic mass is 10.1. The Labute approximate surface area is 115 Å². The topological polar surface area (TPSA) is 55.4 Å². The molecule has 0 aromatic heterocycles. The molecule has 0 unspecified atom stereocenters. The first-order valence-corrected chi connectivity index (χ1v) is 6.01. The number of benzene rings is 1. The molecule has 1 amide bonds. The lowest BCUT2D eigenvalue weighted by molar-refractivity contribution is -0.144. The van der Waals surface area contributed by atoms with Gasteiger partial charge in [0.05, 0.1) is 13.5 Å². The summed E-state index contributed by atoms with van der Waals surface area (Å²) < 4.78 is 4.50. The SMILES string of the molecule is COC(=O)[C@@H](C)NC(=O)Cc1c(Cl)cccc1Cl. The minimum absolute atomic E-state index is 0.0137. The first-order valence-electron chi connectivity index (χ1n) is 5.25. The lowest BCUT2D eigenvalue weighted by Gasteiger charge is -2.12. The first-order chi connectivity index (χ1) is 8.45. The molecule has 0 fully saturated rings. The van der Waals surface area contributed by atoms with Crippen LogP contribution >= 0.6 is 23.2 Å². The summed E-state index contributed by atoms with van der Waals surface area (Å²) in [6.07, 6.45) is 0.0137. The van der Waals surface area contributed by atoms with Crippen LogP contribution in [0, 0.1) is 0 Å². The molecule has 1 N–H and O–H groups in total. The van der Waals surface area contributed by atoms with Crippen LogP contribution in [0.25, 0.3) is 0 Å². The van der Waals surface area contributed by atoms with Crippen molar-refractivity contribution in [1.82, 2.24) is 5.32 Å². The maximum absolute atomic E-state index is 11.7. The Kier molecular flexibility index (Phi) is 5.44. The van der Waals surface area contributed by atoms with Gasteiger partial charge in [0.2, 0.25) is 5.91 Å². The third-order valence-corrected chi connectivity index (χ3v) is 3.04. The molecule has 0 aliphatic heterocycles. The van der Waals surface area contributed by atoms with E-state index in [1.807, 2.05) is 0 Å². The summed E-state index contributed by atoms with van der Waals surface area (Å²) in [7, 11) is 1.26. The van der Waals surface area contributed by atoms with Crippen molar-refractivity contribution >= 4 is 35.1 Å². The van der Waals surface area contributed by atoms with Gasteiger partial charge in [-0.3, -0.25) is 4.79 Å². The fraction of sp³-hybridized carbons (Fsp3) is 0.333. The van der Waals surface area contributed by atoms with Crippen molar-refractivity contribution in [3.8, 4) is 0 Å². The number of esters is 1. The van der Waals surface area contributed by atoms with E-state index < -0.39 is 12.0 Å². The number of carbonyl (C=O) groups excluding carboxylic acids is 2. The number of nitrogens with one attached hydrogen (secondary N) is 1. The van der Waals surface area contributed by atoms with Crippen LogP contribution in [-0.2, 0) is 20.7 Å². The summed E-state index contributed by atoms with van der Waals surface area (Å²) >= 11 is 11.9. The van der Waals surface area contributed by atoms with Gasteiger partial charge in [-0.25, -0.2) is 4.79 Å². The van der Waals surface area contributed by atoms with E-state index in [9.17, 15) is 9.59 Å². The zero-order valence-electron chi connectivity index (χ0n) is 10.00. The summed E-state index contributed by atoms with van der Waals surface area (Å²) in [5.41, 5.74) is 0.537. The summed E-state index contributed by atoms with van der Waals surface area (Å²) in [5, 5.41) is 3.34. The zero-order valence-corrected chi connectivity index (χ0v) is 11.5. The summed E-state index contributed by atoms with van der Waals surface area (Å²) in [4.78, 5) is 22.9. The van der Waals surface area contributed by atoms with Gasteiger partial charge in [-0.1, -0.05) is 29.3 Å². The average Bonchev–Trinajstić information content (AvgIpc) is 2.32. The Balaban J connectivity index is 2.68. The van der Waals surface area contributed by atoms with Crippen LogP contribution in [0.15, 0.2) is 18.2 Å². The molecule has 0 saturated heterocycles. The molecule has 0 radical (unpaired) electrons. The number of hydrogen-bond acceptors (Lipinski definition) is 3. The fourth-order valence-corrected chi connectivity index (χ4v) is 1.92. The van der Waals surface area contributed by atoms with Gasteiger partial charge in [-0.05, 0) is 24.6 Å². The third-order valence-electron chi connectivity index (χ3n) is 2.33. The molecule has 0 bridgehead atoms. The van der Waals surface area contributed by atoms with Crippen LogP contribution in [0.5, 0.6) is 0 Å². The van der Waals surface area contributed by atoms with E-state index in [1.54, 1.807) is 18.2 Å². The van der Waals surface area contributed by atoms with Crippen molar-refractivity contribution in [3.63, 3.8) is 0 Å². The number of rotatable bonds is 4. The number of halogens is 2. The Morgan fingerprint density at radius 3 is 2.39 bits per heavy atom. The standard InChI is InChI=1S/C12H13Cl2NO3/c1-7(12(17)18-2)15-11(16)6-8-9(13)4-3-5-10(8)14/h3-5,7H,6H2,1-2H3,(H,15,16)/t7-/m1/s1. The van der Waals surface area contributed by atoms with E-state index >= 15 is 0 Å². The maximum atomic E-state index is 11.7. The molecule has 0 heterocycles. The zero-order chi connectivity index (χ0) is 13.7. The second-order valence-electron chi connectivity index (χ2n) is 3.69. The normalized spacial score (nSPS) is 11.8. The van der Waals surface area contributed by atoms with Gasteiger partial charge in [0.1, 0.15) is 6.04 Å². The van der Waals surface area contributed by atoms with Crippen LogP contribution in [0.4, 0.5) is 0 Å². The van der Waals surface area contributed by atoms with Crippen LogP contribution < -0.4 is 5.32 Å². The summed E-state index contributed by atoms with van der Waals surface area (Å²) in [6, 6.07) is 4.30. The van der Waals surface area contributed by atoms with E-state index in [-0.39, 0.29) is 12.3 Å². The van der Waals surface area contributed by atoms with E-state index in [1.165, 1.54) is 14.0 Å². The van der Waals surface area contributed by atoms with Crippen molar-refractivity contribution < 1.29 is 14.3 Å². The van der Waals surface area contributed by atoms with E-state index in [0.29, 0.717) is 15.6 Å². The smallest absolute Gasteiger partial charge is 0.328 e. The highest BCUT2D eigenvalue weighted by Gasteiger charge is 2.17. The van der Waals surface area contributed by atoms with Gasteiger partial charge in [-0.2, -0.15) is 0 Å². The van der Waals surface area contributed by atoms with E-state index in [0.717, 1.165) is 0 Å². The van der Waals surface area contributed by atoms with Crippen molar-refractivity contribution in [2.75, 3.05) is 7.11 Å². The Bertz CT molecular complexity index is 442. The Hall–Kier alpha value is -1.26. The van der Waals surface area contributed by atoms with Crippen molar-refractivity contribution in [3.05, 3.63) is 33.8 Å². The van der Waals surface area contributed by atoms with Gasteiger partial charge in [0, 0.05) is 10.0 Å². The van der Waals surface area contributed by atoms with Gasteiger partial charge >= 0.3 is 5.97 Å². The molecule has 98 valence electrons. The summed E-state index contributed by atoms with van der Waals surface area (Å²) in [6.45, 7) is 1.54. The second kappa shape index (κ2) is 6.61. The number of ether oxygens (including phenoxy) is 1. The van der Waals surface area contributed by atoms with Crippen molar-refractivity contribution in [1.29, 1.82) is 0 Å². The van der Waals surface area contributed by atoms with Gasteiger partial charge in [0.25, 0.3) is 0 Å². The first kappa shape index (κ1) is 14.8. The maximum Gasteiger partial charge on any atom is 0.328 e. The number of carbonyl (C=O) groups is 2. The van der Waals surface area contributed by atoms with E-state index in [2.05, 4.69) is 10.1 Å². The molecule has 0 saturated carbocycles. The van der Waals surface area contributed by atoms with Gasteiger partial charge < -0.3 is 10.1 Å². The molecule has 1 atom stereocenters. The quantitative estimate of drug-likeness (QED) is 0.865. The Morgan fingerprint density at radius 1 is 1.33 bits per heavy atom. The molecule has 1 aromatic carbocycles. The van der Waals surface area contributed by atoms with Crippen LogP contribution in [0.2, 0.25) is 10.0 Å². The molecular formula is C12H13Cl2NO3. The minimum atomic E-state index is -0.705. The average molecular weight is 290 g/mol. The number of amides is 1. The van der Waals surface area contributed by atoms with Gasteiger partial charge in [0.15, 0.2) is 0 Å². The molecule has 1 rings (SSSR count). The minimum Gasteiger partial charge on any atom is -0.467 e. The molecule has 0 aliphatic carbocycles. The number of methoxy groups -OCH3 is 1. The highest BCUT2D eigenvalue weighted by atomic mass is 35.5. The lowest BCUT2D eigenvalue weighted by Crippen LogP contribution is -2.39. The Morgan fingerprint density at radius 2 is 1.89 bits per heavy atom. The van der Waals surface area contributed by atoms with Crippen LogP contribution in [0.1, 0.15) is 12.5 Å². The number of hydrogen-bond donors (Lipinski definition) is 1. The highest BCUT2D eigenvalue weighted by Crippen LogP contribution is 2.24. The molecule has 4 nitrogen and oxygen atoms in total. The highest BCUT2D eigenvalue weighted by molar-refractivity contribution is 6.36. The molecule has 18 heavy (non-hydrogen) atoms. The third kappa shape index (κ3) is 3.89. The fourth-order valence-electron chi connectivity index (χ4n) is 1.39. The van der Waals surface area contributed by atoms with Crippen LogP contribution in [-0.4, -0.2) is 25.0 Å². The van der Waals surface area contributed by atoms with E-state index in [4.69, 9.17) is 23.2 Å². The molecule has 0 aliphatic rings. The largest absolute Gasteiger partial charge is 0.467 e. The molecule has 1 aromatic rings. The predicted molar refractivity (Wildman–Crippen MR) is 69.8 cm³/mol. The van der Waals surface area contributed by atoms with Crippen molar-refractivity contribution in [2.24, 2.45) is 0 Å². The predicted octanol–water partition coefficient (Wildman–Crippen LogP) is 2.21. The monoisotopic (exact) mass is 289 g/mol. The van der Waals surface area contributed by atoms with Crippen molar-refractivity contribution in [2.45, 2.75) is 19.4 Å². The van der Waals surface area contributed by atoms with Gasteiger partial charge in [-0.15, -0.1) is 0 Å².